The minimum Gasteiger partial charge on any atom is -0.497 e. The summed E-state index contributed by atoms with van der Waals surface area (Å²) in [5, 5.41) is 0. The fourth-order valence-electron chi connectivity index (χ4n) is 1.86. The Morgan fingerprint density at radius 2 is 2.41 bits per heavy atom. The van der Waals surface area contributed by atoms with E-state index in [1.807, 2.05) is 0 Å². The van der Waals surface area contributed by atoms with E-state index in [0.717, 1.165) is 13.0 Å². The molecule has 2 N–H and O–H groups in total. The Bertz CT molecular complexity index is 416. The highest BCUT2D eigenvalue weighted by Crippen LogP contribution is 2.25. The maximum atomic E-state index is 12.2. The number of nitrogens with two attached hydrogens (primary N) is 1. The van der Waals surface area contributed by atoms with E-state index in [9.17, 15) is 4.21 Å². The number of methoxy groups -OCH3 is 1. The average Bonchev–Trinajstić information content (AvgIpc) is 2.82. The second-order valence-corrected chi connectivity index (χ2v) is 5.61. The van der Waals surface area contributed by atoms with Crippen LogP contribution in [-0.4, -0.2) is 30.3 Å². The van der Waals surface area contributed by atoms with Crippen LogP contribution in [0, 0.1) is 5.92 Å². The minimum absolute atomic E-state index is 0.376. The van der Waals surface area contributed by atoms with Gasteiger partial charge in [-0.2, -0.15) is 0 Å². The summed E-state index contributed by atoms with van der Waals surface area (Å²) in [6.07, 6.45) is 0.982. The Kier molecular flexibility index (Phi) is 4.02. The topological polar surface area (TPSA) is 61.5 Å². The lowest BCUT2D eigenvalue weighted by Crippen LogP contribution is -2.12. The summed E-state index contributed by atoms with van der Waals surface area (Å²) < 4.78 is 22.6. The number of hydrogen-bond donors (Lipinski definition) is 1. The van der Waals surface area contributed by atoms with Gasteiger partial charge >= 0.3 is 0 Å². The molecule has 94 valence electrons. The predicted molar refractivity (Wildman–Crippen MR) is 67.6 cm³/mol. The molecule has 5 heteroatoms. The van der Waals surface area contributed by atoms with Gasteiger partial charge in [-0.25, -0.2) is 0 Å². The average molecular weight is 255 g/mol. The van der Waals surface area contributed by atoms with Crippen molar-refractivity contribution in [1.82, 2.24) is 0 Å². The van der Waals surface area contributed by atoms with E-state index in [4.69, 9.17) is 15.2 Å². The van der Waals surface area contributed by atoms with Gasteiger partial charge in [-0.05, 0) is 30.5 Å². The van der Waals surface area contributed by atoms with Crippen LogP contribution < -0.4 is 10.5 Å². The molecule has 0 amide bonds. The van der Waals surface area contributed by atoms with Crippen LogP contribution in [0.5, 0.6) is 5.75 Å². The van der Waals surface area contributed by atoms with E-state index in [2.05, 4.69) is 0 Å². The lowest BCUT2D eigenvalue weighted by atomic mass is 10.2. The van der Waals surface area contributed by atoms with Crippen LogP contribution in [0.1, 0.15) is 6.42 Å². The molecule has 0 aliphatic carbocycles. The normalized spacial score (nSPS) is 21.4. The van der Waals surface area contributed by atoms with Crippen molar-refractivity contribution in [1.29, 1.82) is 0 Å². The molecule has 1 aromatic carbocycles. The summed E-state index contributed by atoms with van der Waals surface area (Å²) in [7, 11) is 0.505. The zero-order chi connectivity index (χ0) is 12.3. The molecule has 1 aromatic rings. The van der Waals surface area contributed by atoms with Crippen LogP contribution in [0.15, 0.2) is 23.1 Å². The monoisotopic (exact) mass is 255 g/mol. The Morgan fingerprint density at radius 3 is 3.06 bits per heavy atom. The quantitative estimate of drug-likeness (QED) is 0.827. The molecule has 0 radical (unpaired) electrons. The zero-order valence-corrected chi connectivity index (χ0v) is 10.7. The Labute approximate surface area is 104 Å². The van der Waals surface area contributed by atoms with Gasteiger partial charge in [0.15, 0.2) is 0 Å². The lowest BCUT2D eigenvalue weighted by molar-refractivity contribution is 0.189. The number of hydrogen-bond acceptors (Lipinski definition) is 4. The summed E-state index contributed by atoms with van der Waals surface area (Å²) in [5.41, 5.74) is 6.40. The van der Waals surface area contributed by atoms with Gasteiger partial charge in [0.05, 0.1) is 29.4 Å². The minimum atomic E-state index is -1.08. The van der Waals surface area contributed by atoms with Gasteiger partial charge in [0.1, 0.15) is 5.75 Å². The first-order chi connectivity index (χ1) is 8.20. The van der Waals surface area contributed by atoms with E-state index in [1.54, 1.807) is 25.3 Å². The molecule has 1 heterocycles. The molecule has 0 spiro atoms. The van der Waals surface area contributed by atoms with E-state index < -0.39 is 10.8 Å². The summed E-state index contributed by atoms with van der Waals surface area (Å²) >= 11 is 0. The maximum absolute atomic E-state index is 12.2. The van der Waals surface area contributed by atoms with Crippen molar-refractivity contribution in [3.8, 4) is 5.75 Å². The van der Waals surface area contributed by atoms with Gasteiger partial charge < -0.3 is 15.2 Å². The fraction of sp³-hybridized carbons (Fsp3) is 0.500. The summed E-state index contributed by atoms with van der Waals surface area (Å²) in [6, 6.07) is 5.26. The molecule has 0 bridgehead atoms. The van der Waals surface area contributed by atoms with Gasteiger partial charge in [-0.1, -0.05) is 0 Å². The summed E-state index contributed by atoms with van der Waals surface area (Å²) in [6.45, 7) is 1.48. The Hall–Kier alpha value is -1.07. The van der Waals surface area contributed by atoms with Gasteiger partial charge in [-0.3, -0.25) is 4.21 Å². The third-order valence-corrected chi connectivity index (χ3v) is 4.50. The summed E-state index contributed by atoms with van der Waals surface area (Å²) in [4.78, 5) is 0.663. The maximum Gasteiger partial charge on any atom is 0.120 e. The van der Waals surface area contributed by atoms with Crippen molar-refractivity contribution in [2.45, 2.75) is 11.3 Å². The van der Waals surface area contributed by atoms with Crippen molar-refractivity contribution in [2.75, 3.05) is 31.8 Å². The van der Waals surface area contributed by atoms with Crippen LogP contribution in [0.3, 0.4) is 0 Å². The van der Waals surface area contributed by atoms with E-state index in [1.165, 1.54) is 0 Å². The SMILES string of the molecule is COc1ccc(N)c(S(=O)CC2CCOC2)c1. The number of rotatable bonds is 4. The molecule has 0 aromatic heterocycles. The Balaban J connectivity index is 2.11. The van der Waals surface area contributed by atoms with Crippen LogP contribution in [-0.2, 0) is 15.5 Å². The molecule has 2 unspecified atom stereocenters. The van der Waals surface area contributed by atoms with Crippen molar-refractivity contribution < 1.29 is 13.7 Å². The van der Waals surface area contributed by atoms with Gasteiger partial charge in [0, 0.05) is 18.0 Å². The van der Waals surface area contributed by atoms with Crippen LogP contribution in [0.25, 0.3) is 0 Å². The molecular weight excluding hydrogens is 238 g/mol. The van der Waals surface area contributed by atoms with Crippen molar-refractivity contribution in [3.63, 3.8) is 0 Å². The highest BCUT2D eigenvalue weighted by atomic mass is 32.2. The van der Waals surface area contributed by atoms with Gasteiger partial charge in [-0.15, -0.1) is 0 Å². The van der Waals surface area contributed by atoms with Crippen molar-refractivity contribution >= 4 is 16.5 Å². The van der Waals surface area contributed by atoms with Crippen LogP contribution in [0.4, 0.5) is 5.69 Å². The van der Waals surface area contributed by atoms with Gasteiger partial charge in [0.2, 0.25) is 0 Å². The Morgan fingerprint density at radius 1 is 1.59 bits per heavy atom. The van der Waals surface area contributed by atoms with Gasteiger partial charge in [0.25, 0.3) is 0 Å². The molecule has 17 heavy (non-hydrogen) atoms. The first-order valence-corrected chi connectivity index (χ1v) is 6.92. The molecular formula is C12H17NO3S. The largest absolute Gasteiger partial charge is 0.497 e. The first-order valence-electron chi connectivity index (χ1n) is 5.60. The van der Waals surface area contributed by atoms with Crippen LogP contribution >= 0.6 is 0 Å². The highest BCUT2D eigenvalue weighted by molar-refractivity contribution is 7.85. The second kappa shape index (κ2) is 5.51. The second-order valence-electron chi connectivity index (χ2n) is 4.15. The molecule has 1 saturated heterocycles. The number of ether oxygens (including phenoxy) is 2. The number of benzene rings is 1. The van der Waals surface area contributed by atoms with E-state index in [-0.39, 0.29) is 0 Å². The molecule has 2 rings (SSSR count). The fourth-order valence-corrected chi connectivity index (χ4v) is 3.31. The predicted octanol–water partition coefficient (Wildman–Crippen LogP) is 1.42. The molecule has 2 atom stereocenters. The third kappa shape index (κ3) is 2.98. The molecule has 1 fully saturated rings. The number of anilines is 1. The zero-order valence-electron chi connectivity index (χ0n) is 9.85. The number of nitrogen functional groups attached to an aromatic ring is 1. The molecule has 0 saturated carbocycles. The van der Waals surface area contributed by atoms with E-state index in [0.29, 0.717) is 34.6 Å². The lowest BCUT2D eigenvalue weighted by Gasteiger charge is -2.10. The van der Waals surface area contributed by atoms with Crippen molar-refractivity contribution in [3.05, 3.63) is 18.2 Å². The molecule has 1 aliphatic heterocycles. The van der Waals surface area contributed by atoms with E-state index >= 15 is 0 Å². The standard InChI is InChI=1S/C12H17NO3S/c1-15-10-2-3-11(13)12(6-10)17(14)8-9-4-5-16-7-9/h2-3,6,9H,4-5,7-8,13H2,1H3. The molecule has 1 aliphatic rings. The van der Waals surface area contributed by atoms with Crippen LogP contribution in [0.2, 0.25) is 0 Å². The third-order valence-electron chi connectivity index (χ3n) is 2.88. The molecule has 4 nitrogen and oxygen atoms in total. The van der Waals surface area contributed by atoms with Crippen molar-refractivity contribution in [2.24, 2.45) is 5.92 Å². The smallest absolute Gasteiger partial charge is 0.120 e. The first kappa shape index (κ1) is 12.4. The highest BCUT2D eigenvalue weighted by Gasteiger charge is 2.20. The summed E-state index contributed by atoms with van der Waals surface area (Å²) in [5.74, 6) is 1.67.